The van der Waals surface area contributed by atoms with Gasteiger partial charge in [-0.05, 0) is 12.8 Å². The van der Waals surface area contributed by atoms with Gasteiger partial charge in [-0.25, -0.2) is 0 Å². The van der Waals surface area contributed by atoms with Crippen molar-refractivity contribution in [3.63, 3.8) is 0 Å². The van der Waals surface area contributed by atoms with Gasteiger partial charge in [0.1, 0.15) is 0 Å². The molecule has 2 heterocycles. The highest BCUT2D eigenvalue weighted by Gasteiger charge is 2.78. The third-order valence-corrected chi connectivity index (χ3v) is 5.06. The lowest BCUT2D eigenvalue weighted by Gasteiger charge is -2.48. The predicted molar refractivity (Wildman–Crippen MR) is 77.1 cm³/mol. The Kier molecular flexibility index (Phi) is 3.90. The third kappa shape index (κ3) is 1.64. The van der Waals surface area contributed by atoms with Gasteiger partial charge in [0.05, 0.1) is 30.2 Å². The van der Waals surface area contributed by atoms with Crippen LogP contribution in [0.2, 0.25) is 0 Å². The molecule has 2 saturated heterocycles. The van der Waals surface area contributed by atoms with Crippen LogP contribution >= 0.6 is 0 Å². The maximum absolute atomic E-state index is 9.87. The summed E-state index contributed by atoms with van der Waals surface area (Å²) in [6.45, 7) is 5.56. The molecule has 22 heavy (non-hydrogen) atoms. The highest BCUT2D eigenvalue weighted by Crippen LogP contribution is 2.63. The average molecular weight is 300 g/mol. The number of nitrogens with one attached hydrogen (secondary N) is 1. The summed E-state index contributed by atoms with van der Waals surface area (Å²) in [4.78, 5) is 0. The summed E-state index contributed by atoms with van der Waals surface area (Å²) in [5, 5.41) is 37.6. The Bertz CT molecular complexity index is 597. The summed E-state index contributed by atoms with van der Waals surface area (Å²) in [6, 6.07) is 6.17. The van der Waals surface area contributed by atoms with E-state index in [0.29, 0.717) is 12.8 Å². The Hall–Kier alpha value is -2.10. The van der Waals surface area contributed by atoms with E-state index < -0.39 is 28.6 Å². The van der Waals surface area contributed by atoms with Crippen LogP contribution in [0.3, 0.4) is 0 Å². The van der Waals surface area contributed by atoms with Crippen LogP contribution in [0.5, 0.6) is 0 Å². The molecule has 0 amide bonds. The molecule has 0 aromatic carbocycles. The van der Waals surface area contributed by atoms with Gasteiger partial charge in [0.15, 0.2) is 10.8 Å². The van der Waals surface area contributed by atoms with Gasteiger partial charge in [-0.1, -0.05) is 26.7 Å². The van der Waals surface area contributed by atoms with Gasteiger partial charge in [-0.3, -0.25) is 5.41 Å². The van der Waals surface area contributed by atoms with E-state index in [-0.39, 0.29) is 5.90 Å². The molecule has 0 radical (unpaired) electrons. The molecule has 0 saturated carbocycles. The normalized spacial score (nSPS) is 38.5. The maximum atomic E-state index is 9.87. The van der Waals surface area contributed by atoms with E-state index in [1.165, 1.54) is 0 Å². The number of hydrogen-bond acceptors (Lipinski definition) is 6. The predicted octanol–water partition coefficient (Wildman–Crippen LogP) is 2.87. The van der Waals surface area contributed by atoms with E-state index in [2.05, 4.69) is 6.07 Å². The van der Waals surface area contributed by atoms with Gasteiger partial charge in [-0.15, -0.1) is 0 Å². The first-order chi connectivity index (χ1) is 10.4. The Morgan fingerprint density at radius 3 is 2.27 bits per heavy atom. The van der Waals surface area contributed by atoms with Crippen molar-refractivity contribution < 1.29 is 9.47 Å². The first kappa shape index (κ1) is 16.3. The first-order valence-corrected chi connectivity index (χ1v) is 7.62. The monoisotopic (exact) mass is 300 g/mol. The zero-order valence-electron chi connectivity index (χ0n) is 13.1. The van der Waals surface area contributed by atoms with Crippen molar-refractivity contribution in [2.24, 2.45) is 16.7 Å². The van der Waals surface area contributed by atoms with Crippen LogP contribution in [0.1, 0.15) is 46.5 Å². The lowest BCUT2D eigenvalue weighted by atomic mass is 9.53. The summed E-state index contributed by atoms with van der Waals surface area (Å²) in [5.74, 6) is -1.96. The molecule has 2 aliphatic rings. The molecular formula is C16H20N4O2. The van der Waals surface area contributed by atoms with E-state index in [0.717, 1.165) is 12.8 Å². The van der Waals surface area contributed by atoms with Crippen molar-refractivity contribution in [1.82, 2.24) is 0 Å². The smallest absolute Gasteiger partial charge is 0.214 e. The molecule has 0 aromatic rings. The Morgan fingerprint density at radius 2 is 1.82 bits per heavy atom. The van der Waals surface area contributed by atoms with Crippen molar-refractivity contribution in [3.8, 4) is 18.2 Å². The van der Waals surface area contributed by atoms with Crippen molar-refractivity contribution in [2.75, 3.05) is 0 Å². The van der Waals surface area contributed by atoms with E-state index >= 15 is 0 Å². The molecule has 0 aliphatic carbocycles. The fraction of sp³-hybridized carbons (Fsp3) is 0.750. The Balaban J connectivity index is 2.69. The molecule has 2 fully saturated rings. The second-order valence-electron chi connectivity index (χ2n) is 6.11. The quantitative estimate of drug-likeness (QED) is 0.857. The molecular weight excluding hydrogens is 280 g/mol. The summed E-state index contributed by atoms with van der Waals surface area (Å²) < 4.78 is 11.6. The number of rotatable bonds is 4. The lowest BCUT2D eigenvalue weighted by Crippen LogP contribution is -2.61. The summed E-state index contributed by atoms with van der Waals surface area (Å²) in [7, 11) is 0. The van der Waals surface area contributed by atoms with Crippen LogP contribution in [0.25, 0.3) is 0 Å². The average Bonchev–Trinajstić information content (AvgIpc) is 2.68. The van der Waals surface area contributed by atoms with Gasteiger partial charge in [0.2, 0.25) is 11.7 Å². The highest BCUT2D eigenvalue weighted by atomic mass is 16.7. The molecule has 0 spiro atoms. The number of nitriles is 3. The lowest BCUT2D eigenvalue weighted by molar-refractivity contribution is -0.271. The Labute approximate surface area is 130 Å². The molecule has 2 bridgehead atoms. The molecule has 2 rings (SSSR count). The van der Waals surface area contributed by atoms with Crippen molar-refractivity contribution in [1.29, 1.82) is 21.2 Å². The largest absolute Gasteiger partial charge is 0.448 e. The van der Waals surface area contributed by atoms with Crippen molar-refractivity contribution in [3.05, 3.63) is 0 Å². The van der Waals surface area contributed by atoms with E-state index in [1.807, 2.05) is 26.0 Å². The van der Waals surface area contributed by atoms with E-state index in [9.17, 15) is 15.8 Å². The zero-order valence-corrected chi connectivity index (χ0v) is 13.1. The maximum Gasteiger partial charge on any atom is 0.214 e. The number of nitrogens with zero attached hydrogens (tertiary/aromatic N) is 3. The fourth-order valence-corrected chi connectivity index (χ4v) is 3.99. The molecule has 1 N–H and O–H groups in total. The molecule has 4 unspecified atom stereocenters. The van der Waals surface area contributed by atoms with Crippen LogP contribution in [0.4, 0.5) is 0 Å². The minimum atomic E-state index is -1.72. The number of fused-ring (bicyclic) bond motifs is 2. The summed E-state index contributed by atoms with van der Waals surface area (Å²) in [5.41, 5.74) is -3.29. The topological polar surface area (TPSA) is 114 Å². The van der Waals surface area contributed by atoms with Gasteiger partial charge in [-0.2, -0.15) is 15.8 Å². The summed E-state index contributed by atoms with van der Waals surface area (Å²) in [6.07, 6.45) is 1.90. The molecule has 0 aromatic heterocycles. The highest BCUT2D eigenvalue weighted by molar-refractivity contribution is 5.89. The van der Waals surface area contributed by atoms with Crippen LogP contribution in [-0.2, 0) is 9.47 Å². The number of ether oxygens (including phenoxy) is 2. The fourth-order valence-electron chi connectivity index (χ4n) is 3.99. The van der Waals surface area contributed by atoms with Crippen LogP contribution < -0.4 is 0 Å². The van der Waals surface area contributed by atoms with Crippen LogP contribution in [0, 0.1) is 56.2 Å². The first-order valence-electron chi connectivity index (χ1n) is 7.62. The minimum absolute atomic E-state index is 0.313. The molecule has 6 heteroatoms. The Morgan fingerprint density at radius 1 is 1.18 bits per heavy atom. The minimum Gasteiger partial charge on any atom is -0.448 e. The number of hydrogen-bond donors (Lipinski definition) is 1. The molecule has 2 aliphatic heterocycles. The zero-order chi connectivity index (χ0) is 16.6. The molecule has 4 atom stereocenters. The van der Waals surface area contributed by atoms with E-state index in [1.54, 1.807) is 6.92 Å². The van der Waals surface area contributed by atoms with Crippen LogP contribution in [-0.4, -0.2) is 17.8 Å². The summed E-state index contributed by atoms with van der Waals surface area (Å²) >= 11 is 0. The van der Waals surface area contributed by atoms with Gasteiger partial charge >= 0.3 is 0 Å². The van der Waals surface area contributed by atoms with Crippen molar-refractivity contribution in [2.45, 2.75) is 58.3 Å². The van der Waals surface area contributed by atoms with E-state index in [4.69, 9.17) is 14.9 Å². The number of unbranched alkanes of at least 4 members (excludes halogenated alkanes) is 1. The molecule has 6 nitrogen and oxygen atoms in total. The second-order valence-corrected chi connectivity index (χ2v) is 6.11. The van der Waals surface area contributed by atoms with Gasteiger partial charge in [0.25, 0.3) is 0 Å². The second kappa shape index (κ2) is 5.27. The SMILES string of the molecule is CCCCC1OC2(C)OC(=N)C(C#N)(C2CC)C1(C#N)C#N. The van der Waals surface area contributed by atoms with Crippen LogP contribution in [0.15, 0.2) is 0 Å². The van der Waals surface area contributed by atoms with Gasteiger partial charge in [0, 0.05) is 6.92 Å². The van der Waals surface area contributed by atoms with Gasteiger partial charge < -0.3 is 9.47 Å². The molecule has 116 valence electrons. The third-order valence-electron chi connectivity index (χ3n) is 5.06. The standard InChI is InChI=1S/C16H20N4O2/c1-4-6-7-12-15(8-17,9-18)16(10-19)11(5-2)14(3,21-12)22-13(16)20/h11-12,20H,4-7H2,1-3H3. The van der Waals surface area contributed by atoms with Crippen molar-refractivity contribution >= 4 is 5.90 Å².